The van der Waals surface area contributed by atoms with Crippen LogP contribution in [-0.2, 0) is 14.3 Å². The van der Waals surface area contributed by atoms with Crippen LogP contribution in [0.5, 0.6) is 0 Å². The molecule has 1 aliphatic rings. The van der Waals surface area contributed by atoms with Gasteiger partial charge in [-0.15, -0.1) is 0 Å². The van der Waals surface area contributed by atoms with Crippen LogP contribution in [0.25, 0.3) is 0 Å². The van der Waals surface area contributed by atoms with E-state index in [0.717, 1.165) is 7.11 Å². The maximum absolute atomic E-state index is 12.6. The Labute approximate surface area is 139 Å². The average molecular weight is 332 g/mol. The van der Waals surface area contributed by atoms with Crippen molar-refractivity contribution < 1.29 is 23.9 Å². The van der Waals surface area contributed by atoms with Crippen LogP contribution in [0.4, 0.5) is 0 Å². The molecular weight excluding hydrogens is 312 g/mol. The maximum atomic E-state index is 12.6. The van der Waals surface area contributed by atoms with Gasteiger partial charge in [0.15, 0.2) is 11.8 Å². The molecule has 0 aliphatic carbocycles. The molecule has 2 amide bonds. The van der Waals surface area contributed by atoms with Gasteiger partial charge in [0.1, 0.15) is 0 Å². The molecule has 1 aromatic carbocycles. The van der Waals surface area contributed by atoms with Gasteiger partial charge in [-0.2, -0.15) is 0 Å². The number of benzene rings is 1. The summed E-state index contributed by atoms with van der Waals surface area (Å²) < 4.78 is 4.64. The summed E-state index contributed by atoms with van der Waals surface area (Å²) >= 11 is 0. The van der Waals surface area contributed by atoms with E-state index in [2.05, 4.69) is 4.74 Å². The second-order valence-electron chi connectivity index (χ2n) is 6.09. The Morgan fingerprint density at radius 3 is 2.04 bits per heavy atom. The first-order valence-electron chi connectivity index (χ1n) is 7.63. The molecule has 24 heavy (non-hydrogen) atoms. The molecule has 2 N–H and O–H groups in total. The molecule has 128 valence electrons. The topological polar surface area (TPSA) is 107 Å². The van der Waals surface area contributed by atoms with Crippen LogP contribution < -0.4 is 5.73 Å². The number of imide groups is 1. The third kappa shape index (κ3) is 3.07. The number of carbonyl (C=O) groups excluding carboxylic acids is 4. The fraction of sp³-hybridized carbons (Fsp3) is 0.412. The minimum atomic E-state index is -1.67. The van der Waals surface area contributed by atoms with Crippen molar-refractivity contribution in [3.63, 3.8) is 0 Å². The predicted octanol–water partition coefficient (Wildman–Crippen LogP) is 0.767. The number of esters is 1. The number of nitrogens with two attached hydrogens (primary N) is 1. The summed E-state index contributed by atoms with van der Waals surface area (Å²) in [6.07, 6.45) is 0.329. The Balaban J connectivity index is 2.40. The summed E-state index contributed by atoms with van der Waals surface area (Å²) in [5.41, 5.74) is 6.18. The van der Waals surface area contributed by atoms with Gasteiger partial charge < -0.3 is 10.5 Å². The summed E-state index contributed by atoms with van der Waals surface area (Å²) in [5, 5.41) is 0. The number of hydrogen-bond donors (Lipinski definition) is 1. The molecule has 0 saturated heterocycles. The first-order chi connectivity index (χ1) is 11.3. The second-order valence-corrected chi connectivity index (χ2v) is 6.09. The third-order valence-electron chi connectivity index (χ3n) is 3.87. The van der Waals surface area contributed by atoms with E-state index in [1.54, 1.807) is 12.1 Å². The zero-order valence-corrected chi connectivity index (χ0v) is 13.8. The van der Waals surface area contributed by atoms with Crippen molar-refractivity contribution >= 4 is 23.6 Å². The molecule has 0 spiro atoms. The highest BCUT2D eigenvalue weighted by Crippen LogP contribution is 2.26. The number of nitrogens with zero attached hydrogens (tertiary/aromatic N) is 1. The Morgan fingerprint density at radius 1 is 1.12 bits per heavy atom. The van der Waals surface area contributed by atoms with Crippen LogP contribution in [0.2, 0.25) is 0 Å². The van der Waals surface area contributed by atoms with E-state index in [0.29, 0.717) is 11.3 Å². The molecule has 0 radical (unpaired) electrons. The van der Waals surface area contributed by atoms with Crippen LogP contribution in [0.15, 0.2) is 24.3 Å². The Hall–Kier alpha value is -2.54. The molecule has 2 atom stereocenters. The lowest BCUT2D eigenvalue weighted by molar-refractivity contribution is -0.149. The van der Waals surface area contributed by atoms with Crippen LogP contribution >= 0.6 is 0 Å². The summed E-state index contributed by atoms with van der Waals surface area (Å²) in [6.45, 7) is 3.75. The second kappa shape index (κ2) is 6.92. The van der Waals surface area contributed by atoms with Crippen LogP contribution in [0.3, 0.4) is 0 Å². The number of amides is 2. The predicted molar refractivity (Wildman–Crippen MR) is 85.2 cm³/mol. The van der Waals surface area contributed by atoms with Crippen molar-refractivity contribution in [3.8, 4) is 0 Å². The standard InChI is InChI=1S/C17H20N2O5/c1-9(2)8-12(18)14(20)13(17(23)24-3)19-15(21)10-6-4-5-7-11(10)16(19)22/h4-7,9,12-13H,8,18H2,1-3H3/t12-,13-/m0/s1. The number of methoxy groups -OCH3 is 1. The zero-order valence-electron chi connectivity index (χ0n) is 13.8. The largest absolute Gasteiger partial charge is 0.467 e. The quantitative estimate of drug-likeness (QED) is 0.468. The zero-order chi connectivity index (χ0) is 18.0. The van der Waals surface area contributed by atoms with Gasteiger partial charge in [-0.3, -0.25) is 19.3 Å². The van der Waals surface area contributed by atoms with Gasteiger partial charge >= 0.3 is 5.97 Å². The first-order valence-corrected chi connectivity index (χ1v) is 7.63. The van der Waals surface area contributed by atoms with Crippen molar-refractivity contribution in [1.29, 1.82) is 0 Å². The third-order valence-corrected chi connectivity index (χ3v) is 3.87. The lowest BCUT2D eigenvalue weighted by atomic mass is 9.96. The smallest absolute Gasteiger partial charge is 0.336 e. The molecule has 2 rings (SSSR count). The number of ether oxygens (including phenoxy) is 1. The lowest BCUT2D eigenvalue weighted by Crippen LogP contribution is -2.55. The fourth-order valence-corrected chi connectivity index (χ4v) is 2.73. The van der Waals surface area contributed by atoms with Crippen molar-refractivity contribution in [2.75, 3.05) is 7.11 Å². The van der Waals surface area contributed by atoms with Crippen LogP contribution in [0.1, 0.15) is 41.0 Å². The molecule has 7 heteroatoms. The van der Waals surface area contributed by atoms with Gasteiger partial charge in [-0.1, -0.05) is 26.0 Å². The molecule has 1 heterocycles. The minimum Gasteiger partial charge on any atom is -0.467 e. The normalized spacial score (nSPS) is 16.1. The van der Waals surface area contributed by atoms with E-state index in [4.69, 9.17) is 5.73 Å². The fourth-order valence-electron chi connectivity index (χ4n) is 2.73. The van der Waals surface area contributed by atoms with E-state index in [-0.39, 0.29) is 17.0 Å². The summed E-state index contributed by atoms with van der Waals surface area (Å²) in [6, 6.07) is 3.51. The molecule has 1 aromatic rings. The van der Waals surface area contributed by atoms with Crippen LogP contribution in [0, 0.1) is 5.92 Å². The highest BCUT2D eigenvalue weighted by Gasteiger charge is 2.47. The summed E-state index contributed by atoms with van der Waals surface area (Å²) in [7, 11) is 1.09. The van der Waals surface area contributed by atoms with Gasteiger partial charge in [0.05, 0.1) is 24.3 Å². The van der Waals surface area contributed by atoms with Gasteiger partial charge in [0.25, 0.3) is 11.8 Å². The van der Waals surface area contributed by atoms with E-state index < -0.39 is 35.7 Å². The lowest BCUT2D eigenvalue weighted by Gasteiger charge is -2.25. The monoisotopic (exact) mass is 332 g/mol. The molecule has 0 fully saturated rings. The number of hydrogen-bond acceptors (Lipinski definition) is 6. The van der Waals surface area contributed by atoms with E-state index >= 15 is 0 Å². The molecular formula is C17H20N2O5. The van der Waals surface area contributed by atoms with Crippen molar-refractivity contribution in [1.82, 2.24) is 4.90 Å². The van der Waals surface area contributed by atoms with Gasteiger partial charge in [0, 0.05) is 0 Å². The van der Waals surface area contributed by atoms with Crippen molar-refractivity contribution in [2.45, 2.75) is 32.4 Å². The average Bonchev–Trinajstić information content (AvgIpc) is 2.79. The van der Waals surface area contributed by atoms with E-state index in [1.165, 1.54) is 12.1 Å². The molecule has 0 bridgehead atoms. The SMILES string of the molecule is COC(=O)[C@H](C(=O)[C@@H](N)CC(C)C)N1C(=O)c2ccccc2C1=O. The van der Waals surface area contributed by atoms with Crippen molar-refractivity contribution in [2.24, 2.45) is 11.7 Å². The minimum absolute atomic E-state index is 0.115. The molecule has 0 saturated carbocycles. The van der Waals surface area contributed by atoms with Gasteiger partial charge in [0.2, 0.25) is 0 Å². The maximum Gasteiger partial charge on any atom is 0.336 e. The molecule has 0 aromatic heterocycles. The van der Waals surface area contributed by atoms with Gasteiger partial charge in [-0.05, 0) is 24.5 Å². The van der Waals surface area contributed by atoms with E-state index in [9.17, 15) is 19.2 Å². The molecule has 0 unspecified atom stereocenters. The van der Waals surface area contributed by atoms with E-state index in [1.807, 2.05) is 13.8 Å². The number of fused-ring (bicyclic) bond motifs is 1. The highest BCUT2D eigenvalue weighted by atomic mass is 16.5. The first kappa shape index (κ1) is 17.8. The number of Topliss-reactive ketones (excluding diaryl/α,β-unsaturated/α-hetero) is 1. The number of rotatable bonds is 6. The van der Waals surface area contributed by atoms with Crippen LogP contribution in [-0.4, -0.2) is 47.7 Å². The Morgan fingerprint density at radius 2 is 1.62 bits per heavy atom. The Bertz CT molecular complexity index is 663. The Kier molecular flexibility index (Phi) is 5.14. The number of ketones is 1. The van der Waals surface area contributed by atoms with Gasteiger partial charge in [-0.25, -0.2) is 4.79 Å². The van der Waals surface area contributed by atoms with Crippen molar-refractivity contribution in [3.05, 3.63) is 35.4 Å². The summed E-state index contributed by atoms with van der Waals surface area (Å²) in [4.78, 5) is 50.5. The number of carbonyl (C=O) groups is 4. The molecule has 1 aliphatic heterocycles. The summed E-state index contributed by atoms with van der Waals surface area (Å²) in [5.74, 6) is -2.96. The molecule has 7 nitrogen and oxygen atoms in total. The highest BCUT2D eigenvalue weighted by molar-refractivity contribution is 6.25.